The second-order valence-electron chi connectivity index (χ2n) is 9.65. The molecule has 6 N–H and O–H groups in total. The predicted octanol–water partition coefficient (Wildman–Crippen LogP) is 3.97. The number of likely N-dealkylation sites (N-methyl/N-ethyl adjacent to an activating group) is 1. The monoisotopic (exact) mass is 534 g/mol. The quantitative estimate of drug-likeness (QED) is 0.477. The molecule has 3 aromatic rings. The van der Waals surface area contributed by atoms with Crippen LogP contribution in [0.2, 0.25) is 0 Å². The molecule has 0 radical (unpaired) electrons. The minimum atomic E-state index is -4.38. The number of halogens is 3. The van der Waals surface area contributed by atoms with Crippen LogP contribution in [-0.4, -0.2) is 60.7 Å². The van der Waals surface area contributed by atoms with Gasteiger partial charge in [-0.25, -0.2) is 0 Å². The van der Waals surface area contributed by atoms with Crippen molar-refractivity contribution < 1.29 is 34.3 Å². The average molecular weight is 535 g/mol. The van der Waals surface area contributed by atoms with Crippen molar-refractivity contribution in [3.8, 4) is 5.75 Å². The lowest BCUT2D eigenvalue weighted by Crippen LogP contribution is -2.65. The van der Waals surface area contributed by atoms with Crippen molar-refractivity contribution in [2.45, 2.75) is 37.0 Å². The fourth-order valence-corrected chi connectivity index (χ4v) is 6.24. The number of nitrogens with zero attached hydrogens (tertiary/aromatic N) is 2. The molecule has 3 aliphatic heterocycles. The lowest BCUT2D eigenvalue weighted by atomic mass is 9.69. The van der Waals surface area contributed by atoms with Gasteiger partial charge in [0, 0.05) is 25.0 Å². The summed E-state index contributed by atoms with van der Waals surface area (Å²) in [7, 11) is 3.78. The lowest BCUT2D eigenvalue weighted by molar-refractivity contribution is -0.137. The number of methoxy groups -OCH3 is 1. The highest BCUT2D eigenvalue weighted by Crippen LogP contribution is 2.46. The van der Waals surface area contributed by atoms with E-state index in [1.54, 1.807) is 13.2 Å². The number of rotatable bonds is 6. The van der Waals surface area contributed by atoms with Crippen molar-refractivity contribution in [3.05, 3.63) is 95.6 Å². The van der Waals surface area contributed by atoms with Gasteiger partial charge in [-0.1, -0.05) is 60.7 Å². The number of hydrogen-bond acceptors (Lipinski definition) is 3. The van der Waals surface area contributed by atoms with E-state index < -0.39 is 11.7 Å². The number of anilines is 1. The molecule has 3 aromatic carbocycles. The van der Waals surface area contributed by atoms with Crippen LogP contribution in [0.3, 0.4) is 0 Å². The van der Waals surface area contributed by atoms with Crippen LogP contribution in [0, 0.1) is 5.92 Å². The molecule has 3 fully saturated rings. The summed E-state index contributed by atoms with van der Waals surface area (Å²) in [4.78, 5) is 4.80. The first-order chi connectivity index (χ1) is 16.9. The van der Waals surface area contributed by atoms with E-state index in [2.05, 4.69) is 35.0 Å². The summed E-state index contributed by atoms with van der Waals surface area (Å²) in [5.41, 5.74) is 2.17. The molecule has 2 bridgehead atoms. The van der Waals surface area contributed by atoms with Crippen molar-refractivity contribution in [2.24, 2.45) is 5.92 Å². The van der Waals surface area contributed by atoms with E-state index in [-0.39, 0.29) is 34.4 Å². The highest BCUT2D eigenvalue weighted by Gasteiger charge is 2.48. The number of piperidine rings is 3. The molecule has 208 valence electrons. The first kappa shape index (κ1) is 31.1. The average Bonchev–Trinajstić information content (AvgIpc) is 2.89. The summed E-state index contributed by atoms with van der Waals surface area (Å²) < 4.78 is 46.8. The van der Waals surface area contributed by atoms with Crippen LogP contribution in [0.15, 0.2) is 78.9 Å². The summed E-state index contributed by atoms with van der Waals surface area (Å²) in [5.74, 6) is 1.07. The molecule has 0 unspecified atom stereocenters. The largest absolute Gasteiger partial charge is 0.495 e. The number of para-hydroxylation sites is 2. The lowest BCUT2D eigenvalue weighted by Gasteiger charge is -2.56. The summed E-state index contributed by atoms with van der Waals surface area (Å²) in [5, 5.41) is 0. The Labute approximate surface area is 221 Å². The molecule has 3 aliphatic rings. The highest BCUT2D eigenvalue weighted by atomic mass is 19.4. The Morgan fingerprint density at radius 1 is 0.842 bits per heavy atom. The molecule has 3 heterocycles. The van der Waals surface area contributed by atoms with E-state index in [0.717, 1.165) is 49.0 Å². The Kier molecular flexibility index (Phi) is 10.3. The fourth-order valence-electron chi connectivity index (χ4n) is 6.24. The highest BCUT2D eigenvalue weighted by molar-refractivity contribution is 5.59. The number of alkyl halides is 3. The third-order valence-electron chi connectivity index (χ3n) is 7.81. The molecule has 6 nitrogen and oxygen atoms in total. The Balaban J connectivity index is 0.00000169. The molecule has 3 saturated heterocycles. The maximum atomic E-state index is 13.7. The molecule has 0 saturated carbocycles. The van der Waals surface area contributed by atoms with Gasteiger partial charge in [0.15, 0.2) is 0 Å². The zero-order chi connectivity index (χ0) is 24.6. The predicted molar refractivity (Wildman–Crippen MR) is 144 cm³/mol. The summed E-state index contributed by atoms with van der Waals surface area (Å²) in [6, 6.07) is 24.1. The van der Waals surface area contributed by atoms with Crippen molar-refractivity contribution >= 4 is 5.69 Å². The van der Waals surface area contributed by atoms with Crippen LogP contribution in [-0.2, 0) is 6.18 Å². The van der Waals surface area contributed by atoms with Gasteiger partial charge in [-0.05, 0) is 61.2 Å². The van der Waals surface area contributed by atoms with Crippen LogP contribution in [0.4, 0.5) is 18.9 Å². The molecule has 0 aliphatic carbocycles. The second-order valence-corrected chi connectivity index (χ2v) is 9.65. The van der Waals surface area contributed by atoms with Crippen molar-refractivity contribution in [3.63, 3.8) is 0 Å². The van der Waals surface area contributed by atoms with Crippen LogP contribution in [0.1, 0.15) is 35.4 Å². The van der Waals surface area contributed by atoms with E-state index in [4.69, 9.17) is 4.74 Å². The van der Waals surface area contributed by atoms with Gasteiger partial charge in [0.25, 0.3) is 0 Å². The van der Waals surface area contributed by atoms with Gasteiger partial charge in [-0.3, -0.25) is 4.90 Å². The zero-order valence-electron chi connectivity index (χ0n) is 21.6. The Bertz CT molecular complexity index is 1150. The standard InChI is InChI=1S/C29H31F3N2O.3H2O/c1-33(24-13-6-7-14-25(24)35-2)27-21-15-17-34(18-16-21)28(27)26(20-9-4-3-5-10-20)22-11-8-12-23(19-22)29(30,31)32;;;/h3-14,19,21,26-28H,15-18H2,1-2H3;3*1H2/t26-,27+,28+;;;/m0.../s1. The van der Waals surface area contributed by atoms with Gasteiger partial charge in [0.05, 0.1) is 18.4 Å². The van der Waals surface area contributed by atoms with E-state index in [1.807, 2.05) is 42.5 Å². The zero-order valence-corrected chi connectivity index (χ0v) is 21.6. The maximum Gasteiger partial charge on any atom is 0.416 e. The Morgan fingerprint density at radius 3 is 2.08 bits per heavy atom. The van der Waals surface area contributed by atoms with Crippen molar-refractivity contribution in [2.75, 3.05) is 32.1 Å². The normalized spacial score (nSPS) is 22.8. The van der Waals surface area contributed by atoms with Gasteiger partial charge in [-0.15, -0.1) is 0 Å². The van der Waals surface area contributed by atoms with Crippen molar-refractivity contribution in [1.82, 2.24) is 4.90 Å². The van der Waals surface area contributed by atoms with E-state index in [1.165, 1.54) is 6.07 Å². The molecule has 6 rings (SSSR count). The van der Waals surface area contributed by atoms with E-state index in [9.17, 15) is 13.2 Å². The van der Waals surface area contributed by atoms with Gasteiger partial charge in [-0.2, -0.15) is 13.2 Å². The number of benzene rings is 3. The topological polar surface area (TPSA) is 110 Å². The van der Waals surface area contributed by atoms with Gasteiger partial charge >= 0.3 is 6.18 Å². The minimum Gasteiger partial charge on any atom is -0.495 e. The van der Waals surface area contributed by atoms with Gasteiger partial charge < -0.3 is 26.1 Å². The molecule has 9 heteroatoms. The summed E-state index contributed by atoms with van der Waals surface area (Å²) in [6.07, 6.45) is -2.20. The first-order valence-electron chi connectivity index (χ1n) is 12.2. The number of hydrogen-bond donors (Lipinski definition) is 0. The van der Waals surface area contributed by atoms with E-state index in [0.29, 0.717) is 11.5 Å². The van der Waals surface area contributed by atoms with Crippen LogP contribution in [0.25, 0.3) is 0 Å². The minimum absolute atomic E-state index is 0. The molecule has 0 spiro atoms. The van der Waals surface area contributed by atoms with Crippen LogP contribution < -0.4 is 9.64 Å². The SMILES string of the molecule is COc1ccccc1N(C)[C@@H]1C2CCN(CC2)[C@@H]1[C@@H](c1ccccc1)c1cccc(C(F)(F)F)c1.O.O.O. The van der Waals surface area contributed by atoms with Crippen molar-refractivity contribution in [1.29, 1.82) is 0 Å². The molecule has 0 aromatic heterocycles. The maximum absolute atomic E-state index is 13.7. The Morgan fingerprint density at radius 2 is 1.45 bits per heavy atom. The third-order valence-corrected chi connectivity index (χ3v) is 7.81. The third kappa shape index (κ3) is 5.81. The molecule has 3 atom stereocenters. The van der Waals surface area contributed by atoms with Gasteiger partial charge in [0.2, 0.25) is 0 Å². The number of fused-ring (bicyclic) bond motifs is 3. The number of ether oxygens (including phenoxy) is 1. The molecular formula is C29H37F3N2O4. The first-order valence-corrected chi connectivity index (χ1v) is 12.2. The fraction of sp³-hybridized carbons (Fsp3) is 0.379. The molecule has 38 heavy (non-hydrogen) atoms. The van der Waals surface area contributed by atoms with Gasteiger partial charge in [0.1, 0.15) is 5.75 Å². The molecule has 0 amide bonds. The second kappa shape index (κ2) is 12.6. The van der Waals surface area contributed by atoms with Crippen LogP contribution in [0.5, 0.6) is 5.75 Å². The summed E-state index contributed by atoms with van der Waals surface area (Å²) in [6.45, 7) is 1.93. The van der Waals surface area contributed by atoms with E-state index >= 15 is 0 Å². The van der Waals surface area contributed by atoms with Crippen LogP contribution >= 0.6 is 0 Å². The Hall–Kier alpha value is -3.11. The summed E-state index contributed by atoms with van der Waals surface area (Å²) >= 11 is 0. The smallest absolute Gasteiger partial charge is 0.416 e. The molecular weight excluding hydrogens is 497 g/mol.